The van der Waals surface area contributed by atoms with Crippen molar-refractivity contribution in [2.45, 2.75) is 6.54 Å². The minimum atomic E-state index is -0.654. The number of amides is 1. The lowest BCUT2D eigenvalue weighted by Gasteiger charge is -2.05. The Hall–Kier alpha value is -2.02. The molecule has 0 bridgehead atoms. The van der Waals surface area contributed by atoms with Gasteiger partial charge in [0.25, 0.3) is 5.91 Å². The van der Waals surface area contributed by atoms with Gasteiger partial charge in [0.15, 0.2) is 6.33 Å². The fourth-order valence-electron chi connectivity index (χ4n) is 1.33. The Morgan fingerprint density at radius 1 is 1.50 bits per heavy atom. The Morgan fingerprint density at radius 2 is 2.33 bits per heavy atom. The molecular formula is C10H9ClFN5O. The highest BCUT2D eigenvalue weighted by atomic mass is 35.5. The number of hydrogen-bond donors (Lipinski definition) is 1. The number of halogens is 2. The summed E-state index contributed by atoms with van der Waals surface area (Å²) in [5.74, 6) is -1.16. The van der Waals surface area contributed by atoms with Crippen molar-refractivity contribution in [2.75, 3.05) is 6.54 Å². The van der Waals surface area contributed by atoms with Crippen LogP contribution in [-0.2, 0) is 6.54 Å². The van der Waals surface area contributed by atoms with Gasteiger partial charge in [0.05, 0.1) is 12.1 Å². The fourth-order valence-corrected chi connectivity index (χ4v) is 1.49. The highest BCUT2D eigenvalue weighted by Crippen LogP contribution is 2.14. The van der Waals surface area contributed by atoms with Crippen molar-refractivity contribution in [3.8, 4) is 0 Å². The molecule has 0 radical (unpaired) electrons. The SMILES string of the molecule is O=C(NCCn1ncnn1)c1ccc(Cl)cc1F. The molecular weight excluding hydrogens is 261 g/mol. The monoisotopic (exact) mass is 269 g/mol. The lowest BCUT2D eigenvalue weighted by atomic mass is 10.2. The van der Waals surface area contributed by atoms with Crippen LogP contribution in [0.15, 0.2) is 24.5 Å². The first-order valence-corrected chi connectivity index (χ1v) is 5.48. The van der Waals surface area contributed by atoms with Crippen molar-refractivity contribution < 1.29 is 9.18 Å². The van der Waals surface area contributed by atoms with Gasteiger partial charge in [0.1, 0.15) is 5.82 Å². The van der Waals surface area contributed by atoms with E-state index >= 15 is 0 Å². The standard InChI is InChI=1S/C10H9ClFN5O/c11-7-1-2-8(9(12)5-7)10(18)13-3-4-17-15-6-14-16-17/h1-2,5-6H,3-4H2,(H,13,18). The van der Waals surface area contributed by atoms with Crippen LogP contribution in [0.2, 0.25) is 5.02 Å². The van der Waals surface area contributed by atoms with Gasteiger partial charge in [0, 0.05) is 11.6 Å². The van der Waals surface area contributed by atoms with Crippen LogP contribution in [0.3, 0.4) is 0 Å². The summed E-state index contributed by atoms with van der Waals surface area (Å²) in [7, 11) is 0. The molecule has 2 rings (SSSR count). The van der Waals surface area contributed by atoms with Gasteiger partial charge in [-0.05, 0) is 23.4 Å². The summed E-state index contributed by atoms with van der Waals surface area (Å²) in [5, 5.41) is 13.7. The molecule has 1 aromatic heterocycles. The summed E-state index contributed by atoms with van der Waals surface area (Å²) in [6, 6.07) is 3.88. The molecule has 1 amide bonds. The minimum absolute atomic E-state index is 0.0500. The molecule has 1 heterocycles. The van der Waals surface area contributed by atoms with Gasteiger partial charge in [-0.1, -0.05) is 11.6 Å². The van der Waals surface area contributed by atoms with Crippen molar-refractivity contribution in [3.63, 3.8) is 0 Å². The lowest BCUT2D eigenvalue weighted by Crippen LogP contribution is -2.28. The van der Waals surface area contributed by atoms with E-state index in [1.807, 2.05) is 0 Å². The van der Waals surface area contributed by atoms with Crippen molar-refractivity contribution in [1.29, 1.82) is 0 Å². The normalized spacial score (nSPS) is 10.3. The molecule has 0 aliphatic rings. The largest absolute Gasteiger partial charge is 0.350 e. The number of nitrogens with zero attached hydrogens (tertiary/aromatic N) is 4. The Bertz CT molecular complexity index is 545. The molecule has 0 atom stereocenters. The highest BCUT2D eigenvalue weighted by Gasteiger charge is 2.11. The predicted octanol–water partition coefficient (Wildman–Crippen LogP) is 0.896. The summed E-state index contributed by atoms with van der Waals surface area (Å²) in [6.07, 6.45) is 1.29. The molecule has 0 saturated carbocycles. The number of carbonyl (C=O) groups is 1. The van der Waals surface area contributed by atoms with Crippen molar-refractivity contribution in [1.82, 2.24) is 25.5 Å². The molecule has 0 aliphatic heterocycles. The van der Waals surface area contributed by atoms with Gasteiger partial charge in [0.2, 0.25) is 0 Å². The lowest BCUT2D eigenvalue weighted by molar-refractivity contribution is 0.0947. The van der Waals surface area contributed by atoms with Crippen molar-refractivity contribution in [2.24, 2.45) is 0 Å². The van der Waals surface area contributed by atoms with Gasteiger partial charge in [-0.2, -0.15) is 4.80 Å². The van der Waals surface area contributed by atoms with Crippen molar-refractivity contribution in [3.05, 3.63) is 40.9 Å². The Morgan fingerprint density at radius 3 is 3.00 bits per heavy atom. The van der Waals surface area contributed by atoms with Crippen LogP contribution in [0.4, 0.5) is 4.39 Å². The summed E-state index contributed by atoms with van der Waals surface area (Å²) in [5.41, 5.74) is -0.0500. The van der Waals surface area contributed by atoms with E-state index in [4.69, 9.17) is 11.6 Å². The average Bonchev–Trinajstić information content (AvgIpc) is 2.81. The minimum Gasteiger partial charge on any atom is -0.350 e. The number of carbonyl (C=O) groups excluding carboxylic acids is 1. The molecule has 0 spiro atoms. The zero-order chi connectivity index (χ0) is 13.0. The zero-order valence-corrected chi connectivity index (χ0v) is 9.93. The maximum absolute atomic E-state index is 13.4. The molecule has 8 heteroatoms. The molecule has 1 aromatic carbocycles. The zero-order valence-electron chi connectivity index (χ0n) is 9.18. The molecule has 0 aliphatic carbocycles. The van der Waals surface area contributed by atoms with E-state index in [2.05, 4.69) is 20.7 Å². The second-order valence-corrected chi connectivity index (χ2v) is 3.85. The van der Waals surface area contributed by atoms with Gasteiger partial charge < -0.3 is 5.32 Å². The summed E-state index contributed by atoms with van der Waals surface area (Å²) in [6.45, 7) is 0.637. The summed E-state index contributed by atoms with van der Waals surface area (Å²) >= 11 is 5.60. The van der Waals surface area contributed by atoms with Gasteiger partial charge in [-0.25, -0.2) is 4.39 Å². The number of benzene rings is 1. The summed E-state index contributed by atoms with van der Waals surface area (Å²) < 4.78 is 13.4. The molecule has 0 saturated heterocycles. The van der Waals surface area contributed by atoms with Crippen LogP contribution in [0, 0.1) is 5.82 Å². The van der Waals surface area contributed by atoms with E-state index in [1.54, 1.807) is 0 Å². The molecule has 0 fully saturated rings. The predicted molar refractivity (Wildman–Crippen MR) is 61.6 cm³/mol. The van der Waals surface area contributed by atoms with E-state index in [-0.39, 0.29) is 17.1 Å². The number of rotatable bonds is 4. The Labute approximate surface area is 107 Å². The van der Waals surface area contributed by atoms with Crippen LogP contribution in [0.5, 0.6) is 0 Å². The number of aromatic nitrogens is 4. The topological polar surface area (TPSA) is 72.7 Å². The Balaban J connectivity index is 1.91. The third-order valence-electron chi connectivity index (χ3n) is 2.16. The van der Waals surface area contributed by atoms with Crippen LogP contribution in [-0.4, -0.2) is 32.7 Å². The van der Waals surface area contributed by atoms with Crippen LogP contribution < -0.4 is 5.32 Å². The van der Waals surface area contributed by atoms with E-state index < -0.39 is 11.7 Å². The van der Waals surface area contributed by atoms with Gasteiger partial charge in [-0.3, -0.25) is 4.79 Å². The van der Waals surface area contributed by atoms with E-state index in [0.29, 0.717) is 6.54 Å². The molecule has 0 unspecified atom stereocenters. The van der Waals surface area contributed by atoms with Gasteiger partial charge in [-0.15, -0.1) is 10.2 Å². The van der Waals surface area contributed by atoms with Crippen LogP contribution in [0.25, 0.3) is 0 Å². The third-order valence-corrected chi connectivity index (χ3v) is 2.40. The number of hydrogen-bond acceptors (Lipinski definition) is 4. The molecule has 94 valence electrons. The highest BCUT2D eigenvalue weighted by molar-refractivity contribution is 6.30. The number of tetrazole rings is 1. The van der Waals surface area contributed by atoms with Gasteiger partial charge >= 0.3 is 0 Å². The quantitative estimate of drug-likeness (QED) is 0.895. The maximum Gasteiger partial charge on any atom is 0.254 e. The first-order chi connectivity index (χ1) is 8.66. The fraction of sp³-hybridized carbons (Fsp3) is 0.200. The van der Waals surface area contributed by atoms with Crippen molar-refractivity contribution >= 4 is 17.5 Å². The average molecular weight is 270 g/mol. The van der Waals surface area contributed by atoms with E-state index in [1.165, 1.54) is 23.3 Å². The van der Waals surface area contributed by atoms with Crippen LogP contribution in [0.1, 0.15) is 10.4 Å². The van der Waals surface area contributed by atoms with E-state index in [0.717, 1.165) is 6.07 Å². The number of nitrogens with one attached hydrogen (secondary N) is 1. The first kappa shape index (κ1) is 12.4. The Kier molecular flexibility index (Phi) is 3.83. The second-order valence-electron chi connectivity index (χ2n) is 3.41. The second kappa shape index (κ2) is 5.54. The maximum atomic E-state index is 13.4. The third kappa shape index (κ3) is 3.01. The molecule has 2 aromatic rings. The van der Waals surface area contributed by atoms with E-state index in [9.17, 15) is 9.18 Å². The summed E-state index contributed by atoms with van der Waals surface area (Å²) in [4.78, 5) is 13.0. The first-order valence-electron chi connectivity index (χ1n) is 5.11. The molecule has 18 heavy (non-hydrogen) atoms. The molecule has 6 nitrogen and oxygen atoms in total. The van der Waals surface area contributed by atoms with Crippen LogP contribution >= 0.6 is 11.6 Å². The molecule has 1 N–H and O–H groups in total. The smallest absolute Gasteiger partial charge is 0.254 e.